The molecule has 9 N–H and O–H groups in total. The first-order valence-corrected chi connectivity index (χ1v) is 36.6. The third-order valence-electron chi connectivity index (χ3n) is 18.1. The number of amides is 1. The predicted octanol–water partition coefficient (Wildman–Crippen LogP) is 15.1. The van der Waals surface area contributed by atoms with Crippen LogP contribution in [0.3, 0.4) is 0 Å². The van der Waals surface area contributed by atoms with Crippen molar-refractivity contribution in [3.05, 3.63) is 24.3 Å². The van der Waals surface area contributed by atoms with E-state index in [1.165, 1.54) is 270 Å². The van der Waals surface area contributed by atoms with Crippen molar-refractivity contribution in [2.75, 3.05) is 19.8 Å². The SMILES string of the molecule is CCCCCCCCCCCCCC/C=C/CC/C=C/C(O)C(COC1OC(CO)C(OC2OC(CO)C(O)C(O)C2O)C(O)C1O)NC(=O)CCCCCCCCCCCCCCCCCCCCCCCCCCCCCCCCCCCC. The molecule has 14 nitrogen and oxygen atoms in total. The van der Waals surface area contributed by atoms with E-state index in [1.807, 2.05) is 6.08 Å². The molecule has 0 spiro atoms. The Balaban J connectivity index is 1.61. The van der Waals surface area contributed by atoms with Crippen LogP contribution in [0.1, 0.15) is 335 Å². The molecular weight excluding hydrogens is 1090 g/mol. The average molecular weight is 1220 g/mol. The van der Waals surface area contributed by atoms with Gasteiger partial charge in [0.2, 0.25) is 5.91 Å². The Morgan fingerprint density at radius 3 is 1.14 bits per heavy atom. The number of hydrogen-bond donors (Lipinski definition) is 9. The highest BCUT2D eigenvalue weighted by atomic mass is 16.7. The molecular formula is C72H137NO13. The molecule has 0 aromatic rings. The second kappa shape index (κ2) is 57.4. The second-order valence-corrected chi connectivity index (χ2v) is 26.1. The van der Waals surface area contributed by atoms with Crippen LogP contribution in [0.4, 0.5) is 0 Å². The number of aliphatic hydroxyl groups is 8. The maximum Gasteiger partial charge on any atom is 0.220 e. The van der Waals surface area contributed by atoms with Gasteiger partial charge in [0, 0.05) is 6.42 Å². The smallest absolute Gasteiger partial charge is 0.220 e. The molecule has 12 atom stereocenters. The molecule has 0 aromatic carbocycles. The van der Waals surface area contributed by atoms with Gasteiger partial charge in [-0.3, -0.25) is 4.79 Å². The van der Waals surface area contributed by atoms with E-state index in [0.29, 0.717) is 12.8 Å². The van der Waals surface area contributed by atoms with E-state index < -0.39 is 86.8 Å². The van der Waals surface area contributed by atoms with E-state index in [0.717, 1.165) is 32.1 Å². The molecule has 1 amide bonds. The fraction of sp³-hybridized carbons (Fsp3) is 0.931. The van der Waals surface area contributed by atoms with Gasteiger partial charge in [0.15, 0.2) is 12.6 Å². The van der Waals surface area contributed by atoms with Crippen molar-refractivity contribution in [3.63, 3.8) is 0 Å². The minimum atomic E-state index is -1.79. The Bertz CT molecular complexity index is 1540. The van der Waals surface area contributed by atoms with Gasteiger partial charge in [-0.2, -0.15) is 0 Å². The lowest BCUT2D eigenvalue weighted by Crippen LogP contribution is -2.65. The van der Waals surface area contributed by atoms with Crippen LogP contribution in [0.15, 0.2) is 24.3 Å². The molecule has 2 aliphatic heterocycles. The van der Waals surface area contributed by atoms with Crippen LogP contribution in [0.25, 0.3) is 0 Å². The van der Waals surface area contributed by atoms with E-state index in [9.17, 15) is 45.6 Å². The van der Waals surface area contributed by atoms with E-state index in [1.54, 1.807) is 6.08 Å². The molecule has 0 aromatic heterocycles. The molecule has 2 saturated heterocycles. The summed E-state index contributed by atoms with van der Waals surface area (Å²) < 4.78 is 22.8. The third kappa shape index (κ3) is 41.1. The topological polar surface area (TPSA) is 228 Å². The number of rotatable bonds is 61. The highest BCUT2D eigenvalue weighted by Crippen LogP contribution is 2.30. The van der Waals surface area contributed by atoms with Gasteiger partial charge in [-0.05, 0) is 32.1 Å². The highest BCUT2D eigenvalue weighted by molar-refractivity contribution is 5.76. The lowest BCUT2D eigenvalue weighted by Gasteiger charge is -2.46. The van der Waals surface area contributed by atoms with Gasteiger partial charge in [0.25, 0.3) is 0 Å². The van der Waals surface area contributed by atoms with Gasteiger partial charge >= 0.3 is 0 Å². The zero-order valence-electron chi connectivity index (χ0n) is 55.3. The largest absolute Gasteiger partial charge is 0.394 e. The molecule has 2 aliphatic rings. The highest BCUT2D eigenvalue weighted by Gasteiger charge is 2.51. The monoisotopic (exact) mass is 1220 g/mol. The normalized spacial score (nSPS) is 23.5. The van der Waals surface area contributed by atoms with E-state index in [2.05, 4.69) is 31.3 Å². The van der Waals surface area contributed by atoms with E-state index >= 15 is 0 Å². The van der Waals surface area contributed by atoms with Crippen molar-refractivity contribution < 1.29 is 64.6 Å². The van der Waals surface area contributed by atoms with Crippen molar-refractivity contribution in [2.45, 2.75) is 408 Å². The number of hydrogen-bond acceptors (Lipinski definition) is 13. The minimum Gasteiger partial charge on any atom is -0.394 e. The van der Waals surface area contributed by atoms with Crippen molar-refractivity contribution >= 4 is 5.91 Å². The van der Waals surface area contributed by atoms with Crippen LogP contribution in [0.2, 0.25) is 0 Å². The fourth-order valence-electron chi connectivity index (χ4n) is 12.3. The van der Waals surface area contributed by atoms with Crippen molar-refractivity contribution in [2.24, 2.45) is 0 Å². The van der Waals surface area contributed by atoms with E-state index in [-0.39, 0.29) is 18.9 Å². The summed E-state index contributed by atoms with van der Waals surface area (Å²) in [7, 11) is 0. The summed E-state index contributed by atoms with van der Waals surface area (Å²) in [5.41, 5.74) is 0. The predicted molar refractivity (Wildman–Crippen MR) is 351 cm³/mol. The molecule has 14 heteroatoms. The van der Waals surface area contributed by atoms with Crippen LogP contribution in [0, 0.1) is 0 Å². The first-order chi connectivity index (χ1) is 42.1. The Labute approximate surface area is 526 Å². The number of ether oxygens (including phenoxy) is 4. The van der Waals surface area contributed by atoms with Crippen LogP contribution < -0.4 is 5.32 Å². The maximum atomic E-state index is 13.3. The second-order valence-electron chi connectivity index (χ2n) is 26.1. The Hall–Kier alpha value is -1.53. The summed E-state index contributed by atoms with van der Waals surface area (Å²) in [6.45, 7) is 2.83. The zero-order valence-corrected chi connectivity index (χ0v) is 55.3. The number of unbranched alkanes of at least 4 members (excludes halogenated alkanes) is 46. The van der Waals surface area contributed by atoms with Gasteiger partial charge in [-0.1, -0.05) is 321 Å². The lowest BCUT2D eigenvalue weighted by atomic mass is 9.97. The Morgan fingerprint density at radius 1 is 0.407 bits per heavy atom. The molecule has 2 heterocycles. The van der Waals surface area contributed by atoms with Gasteiger partial charge in [0.05, 0.1) is 32.0 Å². The summed E-state index contributed by atoms with van der Waals surface area (Å²) >= 11 is 0. The van der Waals surface area contributed by atoms with Crippen LogP contribution in [-0.4, -0.2) is 140 Å². The third-order valence-corrected chi connectivity index (χ3v) is 18.1. The Morgan fingerprint density at radius 2 is 0.744 bits per heavy atom. The van der Waals surface area contributed by atoms with Gasteiger partial charge in [-0.25, -0.2) is 0 Å². The number of allylic oxidation sites excluding steroid dienone is 3. The number of carbonyl (C=O) groups excluding carboxylic acids is 1. The van der Waals surface area contributed by atoms with Crippen LogP contribution in [-0.2, 0) is 23.7 Å². The average Bonchev–Trinajstić information content (AvgIpc) is 2.54. The lowest BCUT2D eigenvalue weighted by molar-refractivity contribution is -0.359. The van der Waals surface area contributed by atoms with Crippen molar-refractivity contribution in [1.29, 1.82) is 0 Å². The zero-order chi connectivity index (χ0) is 62.3. The molecule has 0 saturated carbocycles. The minimum absolute atomic E-state index is 0.242. The van der Waals surface area contributed by atoms with Crippen LogP contribution in [0.5, 0.6) is 0 Å². The summed E-state index contributed by atoms with van der Waals surface area (Å²) in [6, 6.07) is -0.929. The van der Waals surface area contributed by atoms with Crippen molar-refractivity contribution in [3.8, 4) is 0 Å². The van der Waals surface area contributed by atoms with Gasteiger partial charge < -0.3 is 65.1 Å². The molecule has 0 bridgehead atoms. The Kier molecular flexibility index (Phi) is 53.7. The number of aliphatic hydroxyl groups excluding tert-OH is 8. The summed E-state index contributed by atoms with van der Waals surface area (Å²) in [5, 5.41) is 87.4. The maximum absolute atomic E-state index is 13.3. The fourth-order valence-corrected chi connectivity index (χ4v) is 12.3. The molecule has 86 heavy (non-hydrogen) atoms. The molecule has 0 radical (unpaired) electrons. The quantitative estimate of drug-likeness (QED) is 0.0204. The first-order valence-electron chi connectivity index (χ1n) is 36.6. The first kappa shape index (κ1) is 80.6. The summed E-state index contributed by atoms with van der Waals surface area (Å²) in [5.74, 6) is -0.242. The molecule has 0 aliphatic carbocycles. The summed E-state index contributed by atoms with van der Waals surface area (Å²) in [4.78, 5) is 13.3. The standard InChI is InChI=1S/C72H137NO13/c1-3-5-7-9-11-13-15-17-19-21-23-24-25-26-27-28-29-30-31-32-33-34-35-36-37-38-40-42-44-46-48-50-52-54-56-64(77)73-60(61(76)55-53-51-49-47-45-43-41-39-22-20-18-16-14-12-10-8-6-4-2)59-83-71-69(82)67(80)70(63(58-75)85-71)86-72-68(81)66(79)65(78)62(57-74)84-72/h45,47,53,55,60-63,65-72,74-76,78-82H,3-44,46,48-52,54,56-59H2,1-2H3,(H,73,77)/b47-45+,55-53+. The molecule has 12 unspecified atom stereocenters. The van der Waals surface area contributed by atoms with E-state index in [4.69, 9.17) is 18.9 Å². The molecule has 2 rings (SSSR count). The van der Waals surface area contributed by atoms with Gasteiger partial charge in [-0.15, -0.1) is 0 Å². The van der Waals surface area contributed by atoms with Crippen molar-refractivity contribution in [1.82, 2.24) is 5.32 Å². The number of carbonyl (C=O) groups is 1. The molecule has 2 fully saturated rings. The van der Waals surface area contributed by atoms with Gasteiger partial charge in [0.1, 0.15) is 48.8 Å². The molecule has 508 valence electrons. The number of nitrogens with one attached hydrogen (secondary N) is 1. The summed E-state index contributed by atoms with van der Waals surface area (Å²) in [6.07, 6.45) is 55.5. The van der Waals surface area contributed by atoms with Crippen LogP contribution >= 0.6 is 0 Å².